The Morgan fingerprint density at radius 1 is 1.00 bits per heavy atom. The second-order valence-electron chi connectivity index (χ2n) is 8.58. The van der Waals surface area contributed by atoms with E-state index >= 15 is 0 Å². The number of quaternary nitrogens is 1. The third kappa shape index (κ3) is 5.88. The summed E-state index contributed by atoms with van der Waals surface area (Å²) in [7, 11) is -1.74. The Kier molecular flexibility index (Phi) is 7.40. The minimum absolute atomic E-state index is 0.00647. The smallest absolute Gasteiger partial charge is 0.277 e. The van der Waals surface area contributed by atoms with E-state index in [1.807, 2.05) is 42.3 Å². The van der Waals surface area contributed by atoms with Crippen molar-refractivity contribution in [2.45, 2.75) is 18.0 Å². The number of carbonyl (C=O) groups is 1. The Labute approximate surface area is 199 Å². The third-order valence-electron chi connectivity index (χ3n) is 5.88. The molecule has 10 heteroatoms. The van der Waals surface area contributed by atoms with Crippen molar-refractivity contribution >= 4 is 15.9 Å². The number of benzene rings is 2. The summed E-state index contributed by atoms with van der Waals surface area (Å²) in [6.45, 7) is 2.79. The first-order valence-electron chi connectivity index (χ1n) is 11.2. The summed E-state index contributed by atoms with van der Waals surface area (Å²) in [6, 6.07) is 14.9. The number of carbonyl (C=O) groups excluding carboxylic acids is 1. The third-order valence-corrected chi connectivity index (χ3v) is 7.79. The molecule has 0 bridgehead atoms. The van der Waals surface area contributed by atoms with Crippen LogP contribution < -0.4 is 4.90 Å². The van der Waals surface area contributed by atoms with Crippen LogP contribution in [0, 0.1) is 5.82 Å². The van der Waals surface area contributed by atoms with Crippen molar-refractivity contribution in [1.82, 2.24) is 19.0 Å². The number of halogens is 1. The zero-order chi connectivity index (χ0) is 24.1. The molecule has 3 aromatic rings. The Balaban J connectivity index is 1.26. The van der Waals surface area contributed by atoms with Gasteiger partial charge in [-0.3, -0.25) is 9.48 Å². The van der Waals surface area contributed by atoms with Crippen LogP contribution in [0.2, 0.25) is 0 Å². The van der Waals surface area contributed by atoms with Crippen LogP contribution in [0.4, 0.5) is 4.39 Å². The van der Waals surface area contributed by atoms with E-state index in [0.29, 0.717) is 32.7 Å². The molecular formula is C24H29FN5O3S+. The lowest BCUT2D eigenvalue weighted by Gasteiger charge is -2.34. The molecule has 0 aliphatic carbocycles. The average molecular weight is 487 g/mol. The van der Waals surface area contributed by atoms with Gasteiger partial charge in [0, 0.05) is 37.9 Å². The molecule has 0 radical (unpaired) electrons. The largest absolute Gasteiger partial charge is 0.335 e. The van der Waals surface area contributed by atoms with Gasteiger partial charge in [-0.15, -0.1) is 0 Å². The van der Waals surface area contributed by atoms with Gasteiger partial charge >= 0.3 is 0 Å². The fourth-order valence-electron chi connectivity index (χ4n) is 4.07. The van der Waals surface area contributed by atoms with Crippen molar-refractivity contribution in [3.8, 4) is 0 Å². The first-order chi connectivity index (χ1) is 16.3. The number of aromatic nitrogens is 2. The van der Waals surface area contributed by atoms with Crippen LogP contribution in [0.5, 0.6) is 0 Å². The van der Waals surface area contributed by atoms with Crippen molar-refractivity contribution in [3.63, 3.8) is 0 Å². The van der Waals surface area contributed by atoms with Crippen LogP contribution in [0.3, 0.4) is 0 Å². The van der Waals surface area contributed by atoms with E-state index in [1.54, 1.807) is 4.90 Å². The van der Waals surface area contributed by atoms with Crippen molar-refractivity contribution in [3.05, 3.63) is 83.9 Å². The van der Waals surface area contributed by atoms with E-state index in [9.17, 15) is 17.6 Å². The summed E-state index contributed by atoms with van der Waals surface area (Å²) < 4.78 is 41.9. The number of hydrogen-bond donors (Lipinski definition) is 1. The highest BCUT2D eigenvalue weighted by Crippen LogP contribution is 2.18. The predicted molar refractivity (Wildman–Crippen MR) is 125 cm³/mol. The molecule has 1 atom stereocenters. The number of piperazine rings is 1. The van der Waals surface area contributed by atoms with Crippen LogP contribution in [0.1, 0.15) is 11.1 Å². The first-order valence-corrected chi connectivity index (χ1v) is 12.7. The van der Waals surface area contributed by atoms with Crippen LogP contribution in [0.25, 0.3) is 0 Å². The van der Waals surface area contributed by atoms with E-state index < -0.39 is 15.8 Å². The monoisotopic (exact) mass is 486 g/mol. The summed E-state index contributed by atoms with van der Waals surface area (Å²) in [4.78, 5) is 15.6. The molecule has 4 rings (SSSR count). The highest BCUT2D eigenvalue weighted by Gasteiger charge is 2.31. The van der Waals surface area contributed by atoms with Gasteiger partial charge in [0.1, 0.15) is 12.4 Å². The summed E-state index contributed by atoms with van der Waals surface area (Å²) in [5, 5.41) is 4.42. The Bertz CT molecular complexity index is 1210. The number of sulfonamides is 1. The van der Waals surface area contributed by atoms with E-state index in [2.05, 4.69) is 17.2 Å². The van der Waals surface area contributed by atoms with Gasteiger partial charge in [-0.25, -0.2) is 12.8 Å². The minimum Gasteiger partial charge on any atom is -0.335 e. The van der Waals surface area contributed by atoms with Gasteiger partial charge in [0.05, 0.1) is 24.7 Å². The van der Waals surface area contributed by atoms with Gasteiger partial charge in [-0.05, 0) is 29.8 Å². The number of rotatable bonds is 8. The van der Waals surface area contributed by atoms with E-state index in [4.69, 9.17) is 0 Å². The lowest BCUT2D eigenvalue weighted by atomic mass is 10.2. The quantitative estimate of drug-likeness (QED) is 0.506. The summed E-state index contributed by atoms with van der Waals surface area (Å²) >= 11 is 0. The van der Waals surface area contributed by atoms with E-state index in [0.717, 1.165) is 22.6 Å². The molecule has 2 aromatic carbocycles. The van der Waals surface area contributed by atoms with Crippen LogP contribution in [-0.4, -0.2) is 73.1 Å². The molecule has 1 aromatic heterocycles. The van der Waals surface area contributed by atoms with Crippen molar-refractivity contribution in [2.75, 3.05) is 39.8 Å². The number of nitrogens with one attached hydrogen (secondary N) is 1. The maximum atomic E-state index is 13.1. The summed E-state index contributed by atoms with van der Waals surface area (Å²) in [5.74, 6) is -0.488. The van der Waals surface area contributed by atoms with Crippen molar-refractivity contribution in [1.29, 1.82) is 0 Å². The lowest BCUT2D eigenvalue weighted by Crippen LogP contribution is -3.08. The van der Waals surface area contributed by atoms with Crippen LogP contribution in [-0.2, 0) is 27.9 Å². The van der Waals surface area contributed by atoms with Gasteiger partial charge in [-0.2, -0.15) is 9.40 Å². The molecule has 1 N–H and O–H groups in total. The zero-order valence-electron chi connectivity index (χ0n) is 19.1. The molecule has 8 nitrogen and oxygen atoms in total. The molecule has 0 spiro atoms. The number of nitrogens with zero attached hydrogens (tertiary/aromatic N) is 4. The molecule has 34 heavy (non-hydrogen) atoms. The average Bonchev–Trinajstić information content (AvgIpc) is 3.26. The van der Waals surface area contributed by atoms with Crippen molar-refractivity contribution in [2.24, 2.45) is 0 Å². The topological polar surface area (TPSA) is 80.0 Å². The van der Waals surface area contributed by atoms with Gasteiger partial charge in [0.15, 0.2) is 6.54 Å². The van der Waals surface area contributed by atoms with Gasteiger partial charge in [0.2, 0.25) is 10.0 Å². The maximum absolute atomic E-state index is 13.1. The molecule has 2 heterocycles. The SMILES string of the molecule is C[NH+](CC(=O)N1CCN(S(=O)(=O)c2ccc(F)cc2)CC1)Cc1cnn(Cc2ccccc2)c1. The Morgan fingerprint density at radius 2 is 1.68 bits per heavy atom. The van der Waals surface area contributed by atoms with E-state index in [1.165, 1.54) is 22.0 Å². The van der Waals surface area contributed by atoms with Crippen molar-refractivity contribution < 1.29 is 22.5 Å². The van der Waals surface area contributed by atoms with E-state index in [-0.39, 0.29) is 23.9 Å². The normalized spacial score (nSPS) is 15.9. The molecule has 180 valence electrons. The van der Waals surface area contributed by atoms with Crippen LogP contribution in [0.15, 0.2) is 71.9 Å². The van der Waals surface area contributed by atoms with Crippen LogP contribution >= 0.6 is 0 Å². The number of amides is 1. The first kappa shape index (κ1) is 24.1. The fourth-order valence-corrected chi connectivity index (χ4v) is 5.49. The number of hydrogen-bond acceptors (Lipinski definition) is 4. The zero-order valence-corrected chi connectivity index (χ0v) is 19.9. The molecule has 1 aliphatic heterocycles. The lowest BCUT2D eigenvalue weighted by molar-refractivity contribution is -0.885. The molecule has 1 aliphatic rings. The predicted octanol–water partition coefficient (Wildman–Crippen LogP) is 0.618. The molecule has 1 saturated heterocycles. The fraction of sp³-hybridized carbons (Fsp3) is 0.333. The maximum Gasteiger partial charge on any atom is 0.277 e. The molecular weight excluding hydrogens is 457 g/mol. The summed E-state index contributed by atoms with van der Waals surface area (Å²) in [6.07, 6.45) is 3.83. The number of likely N-dealkylation sites (N-methyl/N-ethyl adjacent to an activating group) is 1. The molecule has 1 amide bonds. The summed E-state index contributed by atoms with van der Waals surface area (Å²) in [5.41, 5.74) is 2.23. The highest BCUT2D eigenvalue weighted by molar-refractivity contribution is 7.89. The Hall–Kier alpha value is -3.08. The molecule has 0 saturated carbocycles. The standard InChI is InChI=1S/C24H28FN5O3S/c1-27(16-21-15-26-29(18-21)17-20-5-3-2-4-6-20)19-24(31)28-11-13-30(14-12-28)34(32,33)23-9-7-22(25)8-10-23/h2-10,15,18H,11-14,16-17,19H2,1H3/p+1. The minimum atomic E-state index is -3.70. The Morgan fingerprint density at radius 3 is 2.35 bits per heavy atom. The van der Waals surface area contributed by atoms with Gasteiger partial charge < -0.3 is 9.80 Å². The second kappa shape index (κ2) is 10.5. The molecule has 1 fully saturated rings. The van der Waals surface area contributed by atoms with Gasteiger partial charge in [-0.1, -0.05) is 30.3 Å². The molecule has 1 unspecified atom stereocenters. The second-order valence-corrected chi connectivity index (χ2v) is 10.5. The highest BCUT2D eigenvalue weighted by atomic mass is 32.2. The van der Waals surface area contributed by atoms with Gasteiger partial charge in [0.25, 0.3) is 5.91 Å².